The maximum absolute atomic E-state index is 11.5. The molecule has 0 aromatic heterocycles. The molecule has 1 amide bonds. The van der Waals surface area contributed by atoms with Crippen molar-refractivity contribution >= 4 is 34.2 Å². The summed E-state index contributed by atoms with van der Waals surface area (Å²) < 4.78 is 1.18. The Morgan fingerprint density at radius 2 is 2.20 bits per heavy atom. The van der Waals surface area contributed by atoms with E-state index in [-0.39, 0.29) is 5.91 Å². The third-order valence-corrected chi connectivity index (χ3v) is 3.38. The molecule has 1 aromatic rings. The molecule has 0 saturated carbocycles. The Balaban J connectivity index is 2.57. The summed E-state index contributed by atoms with van der Waals surface area (Å²) in [7, 11) is 0. The monoisotopic (exact) mass is 317 g/mol. The Bertz CT molecular complexity index is 349. The van der Waals surface area contributed by atoms with Gasteiger partial charge in [-0.3, -0.25) is 4.79 Å². The second-order valence-electron chi connectivity index (χ2n) is 3.62. The van der Waals surface area contributed by atoms with E-state index in [2.05, 4.69) is 41.8 Å². The van der Waals surface area contributed by atoms with E-state index in [0.717, 1.165) is 18.5 Å². The van der Waals surface area contributed by atoms with Crippen molar-refractivity contribution in [1.29, 1.82) is 0 Å². The fourth-order valence-corrected chi connectivity index (χ4v) is 1.75. The number of hydrogen-bond donors (Lipinski definition) is 1. The Hall–Kier alpha value is -0.580. The zero-order valence-corrected chi connectivity index (χ0v) is 11.3. The summed E-state index contributed by atoms with van der Waals surface area (Å²) in [5.41, 5.74) is 2.13. The van der Waals surface area contributed by atoms with Crippen LogP contribution in [0.1, 0.15) is 31.7 Å². The van der Waals surface area contributed by atoms with Crippen molar-refractivity contribution in [2.45, 2.75) is 33.1 Å². The molecule has 3 heteroatoms. The molecule has 0 radical (unpaired) electrons. The number of hydrogen-bond acceptors (Lipinski definition) is 1. The first-order chi connectivity index (χ1) is 7.13. The third-order valence-electron chi connectivity index (χ3n) is 2.21. The highest BCUT2D eigenvalue weighted by Gasteiger charge is 2.02. The van der Waals surface area contributed by atoms with Gasteiger partial charge in [0.05, 0.1) is 0 Å². The van der Waals surface area contributed by atoms with Crippen molar-refractivity contribution in [3.05, 3.63) is 27.3 Å². The van der Waals surface area contributed by atoms with Crippen LogP contribution < -0.4 is 5.32 Å². The first-order valence-electron chi connectivity index (χ1n) is 5.19. The van der Waals surface area contributed by atoms with Gasteiger partial charge in [-0.05, 0) is 53.6 Å². The third kappa shape index (κ3) is 4.20. The largest absolute Gasteiger partial charge is 0.326 e. The fraction of sp³-hybridized carbons (Fsp3) is 0.417. The van der Waals surface area contributed by atoms with Crippen LogP contribution in [0.4, 0.5) is 5.69 Å². The molecule has 0 aliphatic heterocycles. The van der Waals surface area contributed by atoms with Crippen molar-refractivity contribution in [2.24, 2.45) is 0 Å². The summed E-state index contributed by atoms with van der Waals surface area (Å²) in [5.74, 6) is 0.108. The first-order valence-corrected chi connectivity index (χ1v) is 6.27. The summed E-state index contributed by atoms with van der Waals surface area (Å²) in [6, 6.07) is 5.97. The quantitative estimate of drug-likeness (QED) is 0.843. The van der Waals surface area contributed by atoms with Crippen molar-refractivity contribution < 1.29 is 4.79 Å². The molecule has 1 rings (SSSR count). The van der Waals surface area contributed by atoms with Crippen LogP contribution in [0.25, 0.3) is 0 Å². The standard InChI is InChI=1S/C12H16INO/c1-3-4-5-12(15)14-10-7-6-9(2)11(13)8-10/h6-8H,3-5H2,1-2H3,(H,14,15). The zero-order valence-electron chi connectivity index (χ0n) is 9.14. The zero-order chi connectivity index (χ0) is 11.3. The number of rotatable bonds is 4. The maximum atomic E-state index is 11.5. The van der Waals surface area contributed by atoms with Gasteiger partial charge < -0.3 is 5.32 Å². The van der Waals surface area contributed by atoms with Gasteiger partial charge >= 0.3 is 0 Å². The van der Waals surface area contributed by atoms with Gasteiger partial charge in [-0.1, -0.05) is 19.4 Å². The van der Waals surface area contributed by atoms with E-state index >= 15 is 0 Å². The lowest BCUT2D eigenvalue weighted by atomic mass is 10.2. The molecule has 0 unspecified atom stereocenters. The number of carbonyl (C=O) groups excluding carboxylic acids is 1. The molecule has 1 aromatic carbocycles. The Kier molecular flexibility index (Phi) is 5.08. The van der Waals surface area contributed by atoms with Gasteiger partial charge in [-0.25, -0.2) is 0 Å². The Labute approximate surface area is 105 Å². The SMILES string of the molecule is CCCCC(=O)Nc1ccc(C)c(I)c1. The van der Waals surface area contributed by atoms with Crippen molar-refractivity contribution in [1.82, 2.24) is 0 Å². The number of carbonyl (C=O) groups is 1. The molecule has 0 atom stereocenters. The normalized spacial score (nSPS) is 10.1. The Morgan fingerprint density at radius 3 is 2.80 bits per heavy atom. The highest BCUT2D eigenvalue weighted by Crippen LogP contribution is 2.17. The van der Waals surface area contributed by atoms with Crippen LogP contribution in [-0.2, 0) is 4.79 Å². The second-order valence-corrected chi connectivity index (χ2v) is 4.78. The molecule has 1 N–H and O–H groups in total. The molecule has 0 spiro atoms. The van der Waals surface area contributed by atoms with E-state index in [0.29, 0.717) is 6.42 Å². The minimum Gasteiger partial charge on any atom is -0.326 e. The molecular weight excluding hydrogens is 301 g/mol. The second kappa shape index (κ2) is 6.10. The van der Waals surface area contributed by atoms with Crippen LogP contribution in [0.5, 0.6) is 0 Å². The van der Waals surface area contributed by atoms with Crippen LogP contribution in [0.2, 0.25) is 0 Å². The summed E-state index contributed by atoms with van der Waals surface area (Å²) in [6.45, 7) is 4.15. The number of aryl methyl sites for hydroxylation is 1. The van der Waals surface area contributed by atoms with Gasteiger partial charge in [-0.2, -0.15) is 0 Å². The number of unbranched alkanes of at least 4 members (excludes halogenated alkanes) is 1. The van der Waals surface area contributed by atoms with E-state index in [9.17, 15) is 4.79 Å². The molecule has 0 aliphatic rings. The van der Waals surface area contributed by atoms with Gasteiger partial charge in [0.1, 0.15) is 0 Å². The lowest BCUT2D eigenvalue weighted by Gasteiger charge is -2.06. The van der Waals surface area contributed by atoms with Gasteiger partial charge in [0.2, 0.25) is 5.91 Å². The minimum atomic E-state index is 0.108. The van der Waals surface area contributed by atoms with Crippen molar-refractivity contribution in [3.8, 4) is 0 Å². The number of anilines is 1. The van der Waals surface area contributed by atoms with E-state index < -0.39 is 0 Å². The van der Waals surface area contributed by atoms with E-state index in [1.54, 1.807) is 0 Å². The van der Waals surface area contributed by atoms with E-state index in [1.807, 2.05) is 18.2 Å². The molecular formula is C12H16INO. The summed E-state index contributed by atoms with van der Waals surface area (Å²) in [6.07, 6.45) is 2.62. The molecule has 0 heterocycles. The highest BCUT2D eigenvalue weighted by atomic mass is 127. The van der Waals surface area contributed by atoms with Gasteiger partial charge in [-0.15, -0.1) is 0 Å². The summed E-state index contributed by atoms with van der Waals surface area (Å²) in [5, 5.41) is 2.90. The van der Waals surface area contributed by atoms with E-state index in [4.69, 9.17) is 0 Å². The molecule has 0 fully saturated rings. The predicted molar refractivity (Wildman–Crippen MR) is 72.1 cm³/mol. The van der Waals surface area contributed by atoms with Gasteiger partial charge in [0, 0.05) is 15.7 Å². The smallest absolute Gasteiger partial charge is 0.224 e. The lowest BCUT2D eigenvalue weighted by molar-refractivity contribution is -0.116. The minimum absolute atomic E-state index is 0.108. The molecule has 2 nitrogen and oxygen atoms in total. The average Bonchev–Trinajstić information content (AvgIpc) is 2.20. The van der Waals surface area contributed by atoms with Crippen LogP contribution >= 0.6 is 22.6 Å². The van der Waals surface area contributed by atoms with Crippen LogP contribution in [0, 0.1) is 10.5 Å². The molecule has 0 aliphatic carbocycles. The average molecular weight is 317 g/mol. The Morgan fingerprint density at radius 1 is 1.47 bits per heavy atom. The lowest BCUT2D eigenvalue weighted by Crippen LogP contribution is -2.11. The van der Waals surface area contributed by atoms with Gasteiger partial charge in [0.15, 0.2) is 0 Å². The summed E-state index contributed by atoms with van der Waals surface area (Å²) in [4.78, 5) is 11.5. The molecule has 15 heavy (non-hydrogen) atoms. The topological polar surface area (TPSA) is 29.1 Å². The maximum Gasteiger partial charge on any atom is 0.224 e. The number of amides is 1. The molecule has 0 bridgehead atoms. The van der Waals surface area contributed by atoms with Crippen molar-refractivity contribution in [3.63, 3.8) is 0 Å². The first kappa shape index (κ1) is 12.5. The fourth-order valence-electron chi connectivity index (χ4n) is 1.23. The van der Waals surface area contributed by atoms with Crippen LogP contribution in [0.15, 0.2) is 18.2 Å². The van der Waals surface area contributed by atoms with Crippen molar-refractivity contribution in [2.75, 3.05) is 5.32 Å². The number of halogens is 1. The number of benzene rings is 1. The molecule has 0 saturated heterocycles. The predicted octanol–water partition coefficient (Wildman–Crippen LogP) is 3.73. The van der Waals surface area contributed by atoms with Gasteiger partial charge in [0.25, 0.3) is 0 Å². The highest BCUT2D eigenvalue weighted by molar-refractivity contribution is 14.1. The molecule has 82 valence electrons. The van der Waals surface area contributed by atoms with Crippen LogP contribution in [0.3, 0.4) is 0 Å². The summed E-state index contributed by atoms with van der Waals surface area (Å²) >= 11 is 2.27. The van der Waals surface area contributed by atoms with E-state index in [1.165, 1.54) is 9.13 Å². The van der Waals surface area contributed by atoms with Crippen LogP contribution in [-0.4, -0.2) is 5.91 Å². The number of nitrogens with one attached hydrogen (secondary N) is 1.